The van der Waals surface area contributed by atoms with Crippen LogP contribution in [0.15, 0.2) is 18.2 Å². The molecule has 0 spiro atoms. The lowest BCUT2D eigenvalue weighted by atomic mass is 10.1. The van der Waals surface area contributed by atoms with Gasteiger partial charge in [0.05, 0.1) is 0 Å². The largest absolute Gasteiger partial charge is 0.507 e. The second kappa shape index (κ2) is 6.68. The van der Waals surface area contributed by atoms with E-state index in [-0.39, 0.29) is 17.4 Å². The van der Waals surface area contributed by atoms with E-state index in [2.05, 4.69) is 0 Å². The number of aromatic hydroxyl groups is 1. The number of phenolic OH excluding ortho intramolecular Hbond substituents is 1. The monoisotopic (exact) mass is 307 g/mol. The van der Waals surface area contributed by atoms with Crippen molar-refractivity contribution in [1.82, 2.24) is 0 Å². The summed E-state index contributed by atoms with van der Waals surface area (Å²) in [6.45, 7) is 7.35. The van der Waals surface area contributed by atoms with Crippen molar-refractivity contribution in [2.24, 2.45) is 0 Å². The molecule has 1 aliphatic rings. The first-order valence-corrected chi connectivity index (χ1v) is 7.45. The van der Waals surface area contributed by atoms with Crippen LogP contribution >= 0.6 is 0 Å². The normalized spacial score (nSPS) is 20.6. The van der Waals surface area contributed by atoms with Crippen LogP contribution in [0.5, 0.6) is 5.75 Å². The van der Waals surface area contributed by atoms with Gasteiger partial charge in [0.15, 0.2) is 0 Å². The van der Waals surface area contributed by atoms with Gasteiger partial charge in [-0.05, 0) is 32.9 Å². The Bertz CT molecular complexity index is 568. The second-order valence-electron chi connectivity index (χ2n) is 5.25. The van der Waals surface area contributed by atoms with Gasteiger partial charge in [-0.1, -0.05) is 0 Å². The van der Waals surface area contributed by atoms with Crippen molar-refractivity contribution in [2.45, 2.75) is 39.4 Å². The molecule has 22 heavy (non-hydrogen) atoms. The van der Waals surface area contributed by atoms with E-state index < -0.39 is 18.0 Å². The second-order valence-corrected chi connectivity index (χ2v) is 5.25. The summed E-state index contributed by atoms with van der Waals surface area (Å²) in [6.07, 6.45) is -0.823. The molecule has 6 heteroatoms. The average Bonchev–Trinajstić information content (AvgIpc) is 2.78. The number of benzene rings is 1. The number of cyclic esters (lactones) is 1. The van der Waals surface area contributed by atoms with Crippen molar-refractivity contribution >= 4 is 17.6 Å². The average molecular weight is 307 g/mol. The summed E-state index contributed by atoms with van der Waals surface area (Å²) < 4.78 is 10.1. The number of nitrogens with zero attached hydrogens (tertiary/aromatic N) is 1. The highest BCUT2D eigenvalue weighted by Gasteiger charge is 2.35. The highest BCUT2D eigenvalue weighted by molar-refractivity contribution is 5.94. The summed E-state index contributed by atoms with van der Waals surface area (Å²) in [5, 5.41) is 10.0. The van der Waals surface area contributed by atoms with E-state index in [9.17, 15) is 14.7 Å². The van der Waals surface area contributed by atoms with Crippen LogP contribution in [0.3, 0.4) is 0 Å². The van der Waals surface area contributed by atoms with E-state index in [1.807, 2.05) is 18.7 Å². The molecular weight excluding hydrogens is 286 g/mol. The molecule has 0 amide bonds. The fourth-order valence-electron chi connectivity index (χ4n) is 2.49. The standard InChI is InChI=1S/C16H21NO5/c1-4-17(5-2)11-6-7-12(13(18)9-11)15(19)22-14-8-10(3)21-16(14)20/h6-7,9-10,14,18H,4-5,8H2,1-3H3/t10-,14-/m0/s1. The van der Waals surface area contributed by atoms with Crippen molar-refractivity contribution in [1.29, 1.82) is 0 Å². The minimum absolute atomic E-state index is 0.0447. The zero-order valence-corrected chi connectivity index (χ0v) is 13.0. The molecule has 0 bridgehead atoms. The van der Waals surface area contributed by atoms with Gasteiger partial charge in [-0.25, -0.2) is 9.59 Å². The van der Waals surface area contributed by atoms with Gasteiger partial charge in [-0.3, -0.25) is 0 Å². The molecule has 0 unspecified atom stereocenters. The molecule has 2 atom stereocenters. The molecule has 1 aromatic rings. The first-order chi connectivity index (χ1) is 10.5. The molecule has 1 heterocycles. The van der Waals surface area contributed by atoms with Gasteiger partial charge >= 0.3 is 11.9 Å². The van der Waals surface area contributed by atoms with E-state index in [0.29, 0.717) is 6.42 Å². The highest BCUT2D eigenvalue weighted by atomic mass is 16.6. The molecule has 1 fully saturated rings. The molecule has 0 aromatic heterocycles. The summed E-state index contributed by atoms with van der Waals surface area (Å²) >= 11 is 0. The van der Waals surface area contributed by atoms with E-state index >= 15 is 0 Å². The smallest absolute Gasteiger partial charge is 0.347 e. The Morgan fingerprint density at radius 3 is 2.59 bits per heavy atom. The number of carbonyl (C=O) groups excluding carboxylic acids is 2. The molecule has 2 rings (SSSR count). The maximum Gasteiger partial charge on any atom is 0.347 e. The van der Waals surface area contributed by atoms with Crippen LogP contribution in [0.2, 0.25) is 0 Å². The van der Waals surface area contributed by atoms with E-state index in [1.165, 1.54) is 12.1 Å². The SMILES string of the molecule is CCN(CC)c1ccc(C(=O)O[C@H]2C[C@H](C)OC2=O)c(O)c1. The molecule has 1 aliphatic heterocycles. The minimum Gasteiger partial charge on any atom is -0.507 e. The minimum atomic E-state index is -0.899. The molecule has 120 valence electrons. The molecule has 1 aromatic carbocycles. The number of anilines is 1. The first-order valence-electron chi connectivity index (χ1n) is 7.45. The molecule has 1 N–H and O–H groups in total. The Hall–Kier alpha value is -2.24. The number of phenols is 1. The lowest BCUT2D eigenvalue weighted by Crippen LogP contribution is -2.23. The van der Waals surface area contributed by atoms with Gasteiger partial charge in [-0.15, -0.1) is 0 Å². The summed E-state index contributed by atoms with van der Waals surface area (Å²) in [5.41, 5.74) is 0.871. The van der Waals surface area contributed by atoms with E-state index in [1.54, 1.807) is 13.0 Å². The number of esters is 2. The summed E-state index contributed by atoms with van der Waals surface area (Å²) in [4.78, 5) is 25.6. The Morgan fingerprint density at radius 2 is 2.09 bits per heavy atom. The topological polar surface area (TPSA) is 76.1 Å². The van der Waals surface area contributed by atoms with Gasteiger partial charge < -0.3 is 19.5 Å². The lowest BCUT2D eigenvalue weighted by Gasteiger charge is -2.21. The first kappa shape index (κ1) is 16.1. The van der Waals surface area contributed by atoms with Gasteiger partial charge in [0.2, 0.25) is 6.10 Å². The van der Waals surface area contributed by atoms with Crippen LogP contribution in [0.4, 0.5) is 5.69 Å². The van der Waals surface area contributed by atoms with Gasteiger partial charge in [-0.2, -0.15) is 0 Å². The third-order valence-electron chi connectivity index (χ3n) is 3.71. The van der Waals surface area contributed by atoms with Gasteiger partial charge in [0, 0.05) is 31.3 Å². The Morgan fingerprint density at radius 1 is 1.41 bits per heavy atom. The third-order valence-corrected chi connectivity index (χ3v) is 3.71. The maximum absolute atomic E-state index is 12.1. The molecule has 0 aliphatic carbocycles. The fourth-order valence-corrected chi connectivity index (χ4v) is 2.49. The molecular formula is C16H21NO5. The van der Waals surface area contributed by atoms with Gasteiger partial charge in [0.25, 0.3) is 0 Å². The lowest BCUT2D eigenvalue weighted by molar-refractivity contribution is -0.147. The molecule has 6 nitrogen and oxygen atoms in total. The third kappa shape index (κ3) is 3.32. The van der Waals surface area contributed by atoms with Crippen molar-refractivity contribution in [3.63, 3.8) is 0 Å². The van der Waals surface area contributed by atoms with Crippen molar-refractivity contribution in [3.8, 4) is 5.75 Å². The highest BCUT2D eigenvalue weighted by Crippen LogP contribution is 2.27. The zero-order chi connectivity index (χ0) is 16.3. The number of hydrogen-bond donors (Lipinski definition) is 1. The van der Waals surface area contributed by atoms with E-state index in [0.717, 1.165) is 18.8 Å². The van der Waals surface area contributed by atoms with Crippen LogP contribution in [0, 0.1) is 0 Å². The maximum atomic E-state index is 12.1. The Balaban J connectivity index is 2.12. The quantitative estimate of drug-likeness (QED) is 0.840. The van der Waals surface area contributed by atoms with Gasteiger partial charge in [0.1, 0.15) is 17.4 Å². The summed E-state index contributed by atoms with van der Waals surface area (Å²) in [7, 11) is 0. The Kier molecular flexibility index (Phi) is 4.90. The van der Waals surface area contributed by atoms with Crippen molar-refractivity contribution in [3.05, 3.63) is 23.8 Å². The summed E-state index contributed by atoms with van der Waals surface area (Å²) in [6, 6.07) is 4.78. The van der Waals surface area contributed by atoms with Crippen LogP contribution in [0.1, 0.15) is 37.6 Å². The zero-order valence-electron chi connectivity index (χ0n) is 13.0. The molecule has 0 saturated carbocycles. The van der Waals surface area contributed by atoms with Crippen LogP contribution in [-0.4, -0.2) is 42.3 Å². The Labute approximate surface area is 129 Å². The molecule has 1 saturated heterocycles. The predicted molar refractivity (Wildman–Crippen MR) is 81.0 cm³/mol. The summed E-state index contributed by atoms with van der Waals surface area (Å²) in [5.74, 6) is -1.42. The van der Waals surface area contributed by atoms with E-state index in [4.69, 9.17) is 9.47 Å². The van der Waals surface area contributed by atoms with Crippen LogP contribution < -0.4 is 4.90 Å². The number of carbonyl (C=O) groups is 2. The molecule has 0 radical (unpaired) electrons. The van der Waals surface area contributed by atoms with Crippen LogP contribution in [0.25, 0.3) is 0 Å². The van der Waals surface area contributed by atoms with Crippen LogP contribution in [-0.2, 0) is 14.3 Å². The number of hydrogen-bond acceptors (Lipinski definition) is 6. The number of ether oxygens (including phenoxy) is 2. The predicted octanol–water partition coefficient (Wildman–Crippen LogP) is 2.10. The number of rotatable bonds is 5. The fraction of sp³-hybridized carbons (Fsp3) is 0.500. The van der Waals surface area contributed by atoms with Crippen molar-refractivity contribution in [2.75, 3.05) is 18.0 Å². The van der Waals surface area contributed by atoms with Crippen molar-refractivity contribution < 1.29 is 24.2 Å².